The van der Waals surface area contributed by atoms with Gasteiger partial charge in [0.1, 0.15) is 5.69 Å². The number of hydrogen-bond donors (Lipinski definition) is 1. The molecule has 1 amide bonds. The van der Waals surface area contributed by atoms with Crippen molar-refractivity contribution in [2.75, 3.05) is 19.7 Å². The number of amides is 1. The fourth-order valence-corrected chi connectivity index (χ4v) is 2.44. The number of rotatable bonds is 3. The molecule has 1 fully saturated rings. The van der Waals surface area contributed by atoms with Crippen molar-refractivity contribution in [1.29, 1.82) is 0 Å². The van der Waals surface area contributed by atoms with Crippen LogP contribution in [-0.4, -0.2) is 45.4 Å². The van der Waals surface area contributed by atoms with Crippen LogP contribution in [-0.2, 0) is 6.54 Å². The second-order valence-corrected chi connectivity index (χ2v) is 4.90. The zero-order valence-electron chi connectivity index (χ0n) is 11.1. The zero-order valence-corrected chi connectivity index (χ0v) is 11.1. The lowest BCUT2D eigenvalue weighted by atomic mass is 9.98. The lowest BCUT2D eigenvalue weighted by molar-refractivity contribution is 0.0639. The molecule has 0 aromatic carbocycles. The van der Waals surface area contributed by atoms with Gasteiger partial charge in [0, 0.05) is 26.2 Å². The van der Waals surface area contributed by atoms with Crippen molar-refractivity contribution in [3.8, 4) is 0 Å². The van der Waals surface area contributed by atoms with Crippen LogP contribution in [0.3, 0.4) is 0 Å². The van der Waals surface area contributed by atoms with Gasteiger partial charge in [-0.2, -0.15) is 5.10 Å². The third-order valence-electron chi connectivity index (χ3n) is 3.58. The predicted molar refractivity (Wildman–Crippen MR) is 68.4 cm³/mol. The molecule has 0 saturated carbocycles. The first-order chi connectivity index (χ1) is 8.65. The molecule has 0 atom stereocenters. The monoisotopic (exact) mass is 251 g/mol. The number of aliphatic hydroxyl groups excluding tert-OH is 1. The largest absolute Gasteiger partial charge is 0.396 e. The SMILES string of the molecule is CCn1nc(C)cc1C(=O)N1CCC(CO)CC1. The molecule has 1 saturated heterocycles. The number of hydrogen-bond acceptors (Lipinski definition) is 3. The third kappa shape index (κ3) is 2.56. The second kappa shape index (κ2) is 5.52. The predicted octanol–water partition coefficient (Wildman–Crippen LogP) is 1.06. The molecule has 100 valence electrons. The normalized spacial score (nSPS) is 17.2. The first kappa shape index (κ1) is 13.1. The first-order valence-electron chi connectivity index (χ1n) is 6.60. The van der Waals surface area contributed by atoms with E-state index in [1.54, 1.807) is 4.68 Å². The highest BCUT2D eigenvalue weighted by Gasteiger charge is 2.25. The summed E-state index contributed by atoms with van der Waals surface area (Å²) >= 11 is 0. The Labute approximate surface area is 107 Å². The van der Waals surface area contributed by atoms with E-state index in [1.165, 1.54) is 0 Å². The minimum Gasteiger partial charge on any atom is -0.396 e. The number of aryl methyl sites for hydroxylation is 2. The average Bonchev–Trinajstić information content (AvgIpc) is 2.79. The van der Waals surface area contributed by atoms with Gasteiger partial charge in [0.15, 0.2) is 0 Å². The summed E-state index contributed by atoms with van der Waals surface area (Å²) in [6, 6.07) is 1.85. The molecular formula is C13H21N3O2. The number of aromatic nitrogens is 2. The molecule has 0 bridgehead atoms. The standard InChI is InChI=1S/C13H21N3O2/c1-3-16-12(8-10(2)14-16)13(18)15-6-4-11(9-17)5-7-15/h8,11,17H,3-7,9H2,1-2H3. The molecule has 1 N–H and O–H groups in total. The summed E-state index contributed by atoms with van der Waals surface area (Å²) in [5.41, 5.74) is 1.56. The highest BCUT2D eigenvalue weighted by Crippen LogP contribution is 2.18. The molecule has 5 nitrogen and oxygen atoms in total. The summed E-state index contributed by atoms with van der Waals surface area (Å²) in [5.74, 6) is 0.417. The van der Waals surface area contributed by atoms with E-state index < -0.39 is 0 Å². The Bertz CT molecular complexity index is 420. The summed E-state index contributed by atoms with van der Waals surface area (Å²) in [7, 11) is 0. The lowest BCUT2D eigenvalue weighted by Crippen LogP contribution is -2.40. The maximum atomic E-state index is 12.4. The number of likely N-dealkylation sites (tertiary alicyclic amines) is 1. The van der Waals surface area contributed by atoms with Crippen LogP contribution in [0, 0.1) is 12.8 Å². The van der Waals surface area contributed by atoms with Crippen LogP contribution in [0.5, 0.6) is 0 Å². The lowest BCUT2D eigenvalue weighted by Gasteiger charge is -2.31. The van der Waals surface area contributed by atoms with E-state index in [1.807, 2.05) is 24.8 Å². The summed E-state index contributed by atoms with van der Waals surface area (Å²) in [6.45, 7) is 6.30. The molecular weight excluding hydrogens is 230 g/mol. The number of piperidine rings is 1. The van der Waals surface area contributed by atoms with E-state index >= 15 is 0 Å². The molecule has 0 aliphatic carbocycles. The molecule has 2 rings (SSSR count). The van der Waals surface area contributed by atoms with E-state index in [0.717, 1.165) is 31.6 Å². The van der Waals surface area contributed by atoms with Crippen molar-refractivity contribution in [2.45, 2.75) is 33.2 Å². The topological polar surface area (TPSA) is 58.4 Å². The van der Waals surface area contributed by atoms with Crippen LogP contribution in [0.15, 0.2) is 6.07 Å². The highest BCUT2D eigenvalue weighted by molar-refractivity contribution is 5.92. The van der Waals surface area contributed by atoms with E-state index in [2.05, 4.69) is 5.10 Å². The van der Waals surface area contributed by atoms with E-state index in [0.29, 0.717) is 18.2 Å². The Morgan fingerprint density at radius 2 is 2.17 bits per heavy atom. The molecule has 1 aromatic rings. The maximum Gasteiger partial charge on any atom is 0.272 e. The Kier molecular flexibility index (Phi) is 4.01. The van der Waals surface area contributed by atoms with Gasteiger partial charge in [-0.25, -0.2) is 0 Å². The van der Waals surface area contributed by atoms with E-state index in [4.69, 9.17) is 5.11 Å². The minimum atomic E-state index is 0.0637. The Morgan fingerprint density at radius 1 is 1.50 bits per heavy atom. The number of aliphatic hydroxyl groups is 1. The summed E-state index contributed by atoms with van der Waals surface area (Å²) in [4.78, 5) is 14.3. The van der Waals surface area contributed by atoms with Gasteiger partial charge in [-0.15, -0.1) is 0 Å². The van der Waals surface area contributed by atoms with Crippen molar-refractivity contribution in [1.82, 2.24) is 14.7 Å². The molecule has 0 spiro atoms. The van der Waals surface area contributed by atoms with Gasteiger partial charge in [-0.3, -0.25) is 9.48 Å². The summed E-state index contributed by atoms with van der Waals surface area (Å²) < 4.78 is 1.76. The second-order valence-electron chi connectivity index (χ2n) is 4.90. The highest BCUT2D eigenvalue weighted by atomic mass is 16.3. The molecule has 1 aliphatic heterocycles. The molecule has 1 aliphatic rings. The molecule has 18 heavy (non-hydrogen) atoms. The average molecular weight is 251 g/mol. The number of carbonyl (C=O) groups is 1. The molecule has 1 aromatic heterocycles. The summed E-state index contributed by atoms with van der Waals surface area (Å²) in [6.07, 6.45) is 1.78. The summed E-state index contributed by atoms with van der Waals surface area (Å²) in [5, 5.41) is 13.4. The smallest absolute Gasteiger partial charge is 0.272 e. The molecule has 0 unspecified atom stereocenters. The van der Waals surface area contributed by atoms with Gasteiger partial charge in [0.2, 0.25) is 0 Å². The fourth-order valence-electron chi connectivity index (χ4n) is 2.44. The molecule has 2 heterocycles. The van der Waals surface area contributed by atoms with Crippen molar-refractivity contribution in [3.05, 3.63) is 17.5 Å². The Balaban J connectivity index is 2.07. The quantitative estimate of drug-likeness (QED) is 0.873. The number of nitrogens with zero attached hydrogens (tertiary/aromatic N) is 3. The fraction of sp³-hybridized carbons (Fsp3) is 0.692. The van der Waals surface area contributed by atoms with Gasteiger partial charge in [-0.1, -0.05) is 0 Å². The van der Waals surface area contributed by atoms with E-state index in [-0.39, 0.29) is 12.5 Å². The van der Waals surface area contributed by atoms with Gasteiger partial charge >= 0.3 is 0 Å². The van der Waals surface area contributed by atoms with Crippen LogP contribution in [0.25, 0.3) is 0 Å². The molecule has 5 heteroatoms. The minimum absolute atomic E-state index is 0.0637. The van der Waals surface area contributed by atoms with Crippen molar-refractivity contribution >= 4 is 5.91 Å². The van der Waals surface area contributed by atoms with Gasteiger partial charge in [-0.05, 0) is 38.7 Å². The number of carbonyl (C=O) groups excluding carboxylic acids is 1. The first-order valence-corrected chi connectivity index (χ1v) is 6.60. The van der Waals surface area contributed by atoms with Crippen molar-refractivity contribution in [2.24, 2.45) is 5.92 Å². The Morgan fingerprint density at radius 3 is 2.72 bits per heavy atom. The van der Waals surface area contributed by atoms with Gasteiger partial charge in [0.05, 0.1) is 5.69 Å². The van der Waals surface area contributed by atoms with Crippen LogP contribution in [0.1, 0.15) is 35.9 Å². The van der Waals surface area contributed by atoms with Gasteiger partial charge in [0.25, 0.3) is 5.91 Å². The molecule has 0 radical (unpaired) electrons. The van der Waals surface area contributed by atoms with Gasteiger partial charge < -0.3 is 10.0 Å². The maximum absolute atomic E-state index is 12.4. The van der Waals surface area contributed by atoms with Crippen molar-refractivity contribution in [3.63, 3.8) is 0 Å². The van der Waals surface area contributed by atoms with Crippen LogP contribution in [0.2, 0.25) is 0 Å². The Hall–Kier alpha value is -1.36. The van der Waals surface area contributed by atoms with E-state index in [9.17, 15) is 4.79 Å². The zero-order chi connectivity index (χ0) is 13.1. The third-order valence-corrected chi connectivity index (χ3v) is 3.58. The van der Waals surface area contributed by atoms with Crippen LogP contribution >= 0.6 is 0 Å². The van der Waals surface area contributed by atoms with Crippen molar-refractivity contribution < 1.29 is 9.90 Å². The van der Waals surface area contributed by atoms with Crippen LogP contribution < -0.4 is 0 Å². The van der Waals surface area contributed by atoms with Crippen LogP contribution in [0.4, 0.5) is 0 Å².